The molecule has 6 nitrogen and oxygen atoms in total. The summed E-state index contributed by atoms with van der Waals surface area (Å²) in [6.07, 6.45) is 7.53. The average Bonchev–Trinajstić information content (AvgIpc) is 2.69. The van der Waals surface area contributed by atoms with Crippen molar-refractivity contribution in [3.05, 3.63) is 21.0 Å². The molecule has 1 aromatic heterocycles. The number of aliphatic hydroxyl groups is 2. The van der Waals surface area contributed by atoms with Gasteiger partial charge in [-0.15, -0.1) is 0 Å². The monoisotopic (exact) mass is 359 g/mol. The Kier molecular flexibility index (Phi) is 5.78. The van der Waals surface area contributed by atoms with Gasteiger partial charge < -0.3 is 15.5 Å². The van der Waals surface area contributed by atoms with E-state index in [1.54, 1.807) is 6.20 Å². The van der Waals surface area contributed by atoms with Crippen LogP contribution in [0.5, 0.6) is 0 Å². The first kappa shape index (κ1) is 16.5. The Morgan fingerprint density at radius 2 is 2.00 bits per heavy atom. The van der Waals surface area contributed by atoms with Crippen molar-refractivity contribution in [3.63, 3.8) is 0 Å². The number of aliphatic hydroxyl groups excluding tert-OH is 1. The van der Waals surface area contributed by atoms with Gasteiger partial charge in [0, 0.05) is 6.54 Å². The number of hydrogen-bond donors (Lipinski definition) is 3. The molecular weight excluding hydrogens is 338 g/mol. The number of aromatic nitrogens is 2. The van der Waals surface area contributed by atoms with E-state index in [1.165, 1.54) is 17.5 Å². The molecule has 0 aromatic carbocycles. The van der Waals surface area contributed by atoms with Crippen molar-refractivity contribution in [2.75, 3.05) is 18.5 Å². The molecule has 0 bridgehead atoms. The summed E-state index contributed by atoms with van der Waals surface area (Å²) >= 11 is 3.26. The van der Waals surface area contributed by atoms with E-state index in [1.807, 2.05) is 0 Å². The van der Waals surface area contributed by atoms with Crippen LogP contribution in [0.25, 0.3) is 0 Å². The smallest absolute Gasteiger partial charge is 0.283 e. The van der Waals surface area contributed by atoms with Crippen LogP contribution in [-0.4, -0.2) is 38.7 Å². The topological polar surface area (TPSA) is 87.4 Å². The van der Waals surface area contributed by atoms with E-state index in [9.17, 15) is 9.90 Å². The first-order chi connectivity index (χ1) is 10.1. The van der Waals surface area contributed by atoms with Gasteiger partial charge in [0.1, 0.15) is 4.47 Å². The van der Waals surface area contributed by atoms with Gasteiger partial charge in [0.25, 0.3) is 5.56 Å². The van der Waals surface area contributed by atoms with Gasteiger partial charge in [0.2, 0.25) is 0 Å². The minimum absolute atomic E-state index is 0.133. The molecule has 0 spiro atoms. The standard InChI is InChI=1S/C14H22BrN3O3/c15-12-11(9-17-18(7-8-19)13(12)20)16-10-14(21)5-3-1-2-4-6-14/h9,16,19,21H,1-8,10H2. The third-order valence-corrected chi connectivity index (χ3v) is 4.71. The fourth-order valence-electron chi connectivity index (χ4n) is 2.67. The van der Waals surface area contributed by atoms with E-state index in [0.717, 1.165) is 25.7 Å². The average molecular weight is 360 g/mol. The zero-order valence-corrected chi connectivity index (χ0v) is 13.6. The van der Waals surface area contributed by atoms with E-state index < -0.39 is 5.60 Å². The second-order valence-electron chi connectivity index (χ2n) is 5.62. The van der Waals surface area contributed by atoms with Gasteiger partial charge in [-0.2, -0.15) is 5.10 Å². The molecule has 1 aliphatic carbocycles. The molecular formula is C14H22BrN3O3. The van der Waals surface area contributed by atoms with Gasteiger partial charge in [0.15, 0.2) is 0 Å². The van der Waals surface area contributed by atoms with Crippen molar-refractivity contribution in [2.45, 2.75) is 50.7 Å². The maximum absolute atomic E-state index is 12.0. The lowest BCUT2D eigenvalue weighted by Gasteiger charge is -2.27. The van der Waals surface area contributed by atoms with Crippen LogP contribution in [-0.2, 0) is 6.54 Å². The third kappa shape index (κ3) is 4.28. The molecule has 1 heterocycles. The summed E-state index contributed by atoms with van der Waals surface area (Å²) in [4.78, 5) is 12.0. The van der Waals surface area contributed by atoms with Gasteiger partial charge in [-0.05, 0) is 28.8 Å². The number of nitrogens with zero attached hydrogens (tertiary/aromatic N) is 2. The molecule has 0 aliphatic heterocycles. The Morgan fingerprint density at radius 1 is 1.33 bits per heavy atom. The van der Waals surface area contributed by atoms with Crippen molar-refractivity contribution < 1.29 is 10.2 Å². The first-order valence-electron chi connectivity index (χ1n) is 7.38. The van der Waals surface area contributed by atoms with Crippen molar-refractivity contribution in [1.29, 1.82) is 0 Å². The highest BCUT2D eigenvalue weighted by atomic mass is 79.9. The minimum Gasteiger partial charge on any atom is -0.394 e. The van der Waals surface area contributed by atoms with Crippen LogP contribution in [0.2, 0.25) is 0 Å². The lowest BCUT2D eigenvalue weighted by molar-refractivity contribution is 0.0381. The second-order valence-corrected chi connectivity index (χ2v) is 6.41. The number of rotatable bonds is 5. The molecule has 1 aliphatic rings. The number of nitrogens with one attached hydrogen (secondary N) is 1. The van der Waals surface area contributed by atoms with Crippen molar-refractivity contribution in [2.24, 2.45) is 0 Å². The van der Waals surface area contributed by atoms with Crippen molar-refractivity contribution in [3.8, 4) is 0 Å². The maximum Gasteiger partial charge on any atom is 0.283 e. The molecule has 0 radical (unpaired) electrons. The molecule has 1 aromatic rings. The Morgan fingerprint density at radius 3 is 2.62 bits per heavy atom. The Balaban J connectivity index is 2.06. The number of halogens is 1. The van der Waals surface area contributed by atoms with E-state index in [2.05, 4.69) is 26.3 Å². The van der Waals surface area contributed by atoms with Crippen LogP contribution in [0.1, 0.15) is 38.5 Å². The fourth-order valence-corrected chi connectivity index (χ4v) is 3.11. The molecule has 0 amide bonds. The first-order valence-corrected chi connectivity index (χ1v) is 8.18. The highest BCUT2D eigenvalue weighted by molar-refractivity contribution is 9.10. The zero-order chi connectivity index (χ0) is 15.3. The zero-order valence-electron chi connectivity index (χ0n) is 12.0. The van der Waals surface area contributed by atoms with Gasteiger partial charge in [-0.25, -0.2) is 4.68 Å². The molecule has 0 unspecified atom stereocenters. The largest absolute Gasteiger partial charge is 0.394 e. The van der Waals surface area contributed by atoms with E-state index in [-0.39, 0.29) is 18.7 Å². The van der Waals surface area contributed by atoms with Crippen LogP contribution >= 0.6 is 15.9 Å². The lowest BCUT2D eigenvalue weighted by atomic mass is 9.94. The number of anilines is 1. The number of hydrogen-bond acceptors (Lipinski definition) is 5. The molecule has 118 valence electrons. The highest BCUT2D eigenvalue weighted by Crippen LogP contribution is 2.28. The summed E-state index contributed by atoms with van der Waals surface area (Å²) in [7, 11) is 0. The summed E-state index contributed by atoms with van der Waals surface area (Å²) in [5, 5.41) is 26.6. The van der Waals surface area contributed by atoms with Crippen LogP contribution in [0.4, 0.5) is 5.69 Å². The summed E-state index contributed by atoms with van der Waals surface area (Å²) < 4.78 is 1.58. The molecule has 3 N–H and O–H groups in total. The van der Waals surface area contributed by atoms with Crippen LogP contribution in [0.3, 0.4) is 0 Å². The van der Waals surface area contributed by atoms with Crippen LogP contribution in [0, 0.1) is 0 Å². The predicted molar refractivity (Wildman–Crippen MR) is 84.4 cm³/mol. The minimum atomic E-state index is -0.712. The Labute approximate surface area is 132 Å². The Hall–Kier alpha value is -0.920. The predicted octanol–water partition coefficient (Wildman–Crippen LogP) is 1.50. The molecule has 7 heteroatoms. The normalized spacial score (nSPS) is 18.2. The summed E-state index contributed by atoms with van der Waals surface area (Å²) in [6.45, 7) is 0.449. The molecule has 0 saturated heterocycles. The molecule has 0 atom stereocenters. The maximum atomic E-state index is 12.0. The van der Waals surface area contributed by atoms with Gasteiger partial charge in [-0.1, -0.05) is 25.7 Å². The van der Waals surface area contributed by atoms with Crippen molar-refractivity contribution in [1.82, 2.24) is 9.78 Å². The van der Waals surface area contributed by atoms with Crippen molar-refractivity contribution >= 4 is 21.6 Å². The van der Waals surface area contributed by atoms with E-state index in [0.29, 0.717) is 16.7 Å². The van der Waals surface area contributed by atoms with Crippen LogP contribution in [0.15, 0.2) is 15.5 Å². The highest BCUT2D eigenvalue weighted by Gasteiger charge is 2.28. The molecule has 1 fully saturated rings. The SMILES string of the molecule is O=c1c(Br)c(NCC2(O)CCCCCC2)cnn1CCO. The van der Waals surface area contributed by atoms with Crippen LogP contribution < -0.4 is 10.9 Å². The van der Waals surface area contributed by atoms with Gasteiger partial charge in [-0.3, -0.25) is 4.79 Å². The third-order valence-electron chi connectivity index (χ3n) is 3.94. The van der Waals surface area contributed by atoms with Gasteiger partial charge in [0.05, 0.1) is 30.6 Å². The van der Waals surface area contributed by atoms with E-state index >= 15 is 0 Å². The second kappa shape index (κ2) is 7.38. The summed E-state index contributed by atoms with van der Waals surface area (Å²) in [6, 6.07) is 0. The molecule has 1 saturated carbocycles. The quantitative estimate of drug-likeness (QED) is 0.693. The summed E-state index contributed by atoms with van der Waals surface area (Å²) in [5.41, 5.74) is -0.427. The fraction of sp³-hybridized carbons (Fsp3) is 0.714. The van der Waals surface area contributed by atoms with E-state index in [4.69, 9.17) is 5.11 Å². The summed E-state index contributed by atoms with van der Waals surface area (Å²) in [5.74, 6) is 0. The molecule has 21 heavy (non-hydrogen) atoms. The Bertz CT molecular complexity index is 525. The van der Waals surface area contributed by atoms with Gasteiger partial charge >= 0.3 is 0 Å². The molecule has 2 rings (SSSR count). The lowest BCUT2D eigenvalue weighted by Crippen LogP contribution is -2.37.